The number of alkyl halides is 3. The molecule has 1 aromatic rings. The van der Waals surface area contributed by atoms with Crippen molar-refractivity contribution in [2.24, 2.45) is 0 Å². The Balaban J connectivity index is 0.000000791. The summed E-state index contributed by atoms with van der Waals surface area (Å²) in [7, 11) is 0. The summed E-state index contributed by atoms with van der Waals surface area (Å²) >= 11 is 0. The van der Waals surface area contributed by atoms with Gasteiger partial charge in [0.25, 0.3) is 0 Å². The van der Waals surface area contributed by atoms with E-state index >= 15 is 0 Å². The van der Waals surface area contributed by atoms with E-state index in [1.807, 2.05) is 13.8 Å². The number of hydrogen-bond donors (Lipinski definition) is 2. The highest BCUT2D eigenvalue weighted by molar-refractivity contribution is 5.54. The van der Waals surface area contributed by atoms with Gasteiger partial charge in [-0.15, -0.1) is 0 Å². The van der Waals surface area contributed by atoms with Gasteiger partial charge in [0, 0.05) is 11.4 Å². The third kappa shape index (κ3) is 3.55. The van der Waals surface area contributed by atoms with Gasteiger partial charge in [0.05, 0.1) is 5.56 Å². The Morgan fingerprint density at radius 2 is 1.29 bits per heavy atom. The van der Waals surface area contributed by atoms with Gasteiger partial charge in [0.2, 0.25) is 0 Å². The van der Waals surface area contributed by atoms with E-state index in [1.54, 1.807) is 0 Å². The lowest BCUT2D eigenvalue weighted by Gasteiger charge is -2.07. The molecule has 4 N–H and O–H groups in total. The summed E-state index contributed by atoms with van der Waals surface area (Å²) in [5.41, 5.74) is 9.56. The average molecular weight is 206 g/mol. The summed E-state index contributed by atoms with van der Waals surface area (Å²) < 4.78 is 36.1. The quantitative estimate of drug-likeness (QED) is 0.641. The van der Waals surface area contributed by atoms with E-state index < -0.39 is 11.7 Å². The highest BCUT2D eigenvalue weighted by Gasteiger charge is 2.30. The van der Waals surface area contributed by atoms with Crippen LogP contribution in [0.3, 0.4) is 0 Å². The van der Waals surface area contributed by atoms with E-state index in [9.17, 15) is 13.2 Å². The Bertz CT molecular complexity index is 274. The Kier molecular flexibility index (Phi) is 4.27. The summed E-state index contributed by atoms with van der Waals surface area (Å²) in [6, 6.07) is 2.96. The summed E-state index contributed by atoms with van der Waals surface area (Å²) in [4.78, 5) is 0. The van der Waals surface area contributed by atoms with Crippen LogP contribution in [0.2, 0.25) is 0 Å². The van der Waals surface area contributed by atoms with Crippen molar-refractivity contribution in [3.8, 4) is 0 Å². The summed E-state index contributed by atoms with van der Waals surface area (Å²) in [6.07, 6.45) is -4.39. The number of nitrogens with two attached hydrogens (primary N) is 2. The fourth-order valence-electron chi connectivity index (χ4n) is 0.840. The van der Waals surface area contributed by atoms with Gasteiger partial charge in [-0.25, -0.2) is 0 Å². The minimum atomic E-state index is -4.39. The van der Waals surface area contributed by atoms with Crippen LogP contribution in [-0.2, 0) is 6.18 Å². The predicted octanol–water partition coefficient (Wildman–Crippen LogP) is 2.90. The minimum Gasteiger partial charge on any atom is -0.399 e. The number of anilines is 2. The van der Waals surface area contributed by atoms with Gasteiger partial charge in [-0.1, -0.05) is 13.8 Å². The second-order valence-electron chi connectivity index (χ2n) is 2.39. The molecule has 0 fully saturated rings. The predicted molar refractivity (Wildman–Crippen MR) is 51.6 cm³/mol. The molecule has 0 heterocycles. The van der Waals surface area contributed by atoms with Crippen LogP contribution in [0.4, 0.5) is 24.5 Å². The summed E-state index contributed by atoms with van der Waals surface area (Å²) in [5.74, 6) is 0. The van der Waals surface area contributed by atoms with Crippen molar-refractivity contribution < 1.29 is 13.2 Å². The van der Waals surface area contributed by atoms with E-state index in [2.05, 4.69) is 0 Å². The van der Waals surface area contributed by atoms with Gasteiger partial charge in [0.1, 0.15) is 0 Å². The fourth-order valence-corrected chi connectivity index (χ4v) is 0.840. The molecule has 1 rings (SSSR count). The van der Waals surface area contributed by atoms with Gasteiger partial charge < -0.3 is 11.5 Å². The first-order valence-corrected chi connectivity index (χ1v) is 4.13. The highest BCUT2D eigenvalue weighted by Crippen LogP contribution is 2.31. The van der Waals surface area contributed by atoms with Crippen molar-refractivity contribution in [2.45, 2.75) is 20.0 Å². The van der Waals surface area contributed by atoms with E-state index in [0.717, 1.165) is 12.1 Å². The first-order chi connectivity index (χ1) is 6.39. The molecule has 0 atom stereocenters. The molecule has 0 aromatic heterocycles. The fraction of sp³-hybridized carbons (Fsp3) is 0.333. The molecule has 0 bridgehead atoms. The molecule has 0 saturated heterocycles. The van der Waals surface area contributed by atoms with Crippen molar-refractivity contribution in [1.82, 2.24) is 0 Å². The highest BCUT2D eigenvalue weighted by atomic mass is 19.4. The molecule has 0 amide bonds. The maximum atomic E-state index is 12.0. The Morgan fingerprint density at radius 3 is 1.57 bits per heavy atom. The SMILES string of the molecule is CC.Nc1cc(N)cc(C(F)(F)F)c1. The number of benzene rings is 1. The number of halogens is 3. The Labute approximate surface area is 80.7 Å². The largest absolute Gasteiger partial charge is 0.416 e. The average Bonchev–Trinajstić information content (AvgIpc) is 2.04. The van der Waals surface area contributed by atoms with Gasteiger partial charge >= 0.3 is 6.18 Å². The van der Waals surface area contributed by atoms with Crippen molar-refractivity contribution in [3.05, 3.63) is 23.8 Å². The lowest BCUT2D eigenvalue weighted by Crippen LogP contribution is -2.06. The smallest absolute Gasteiger partial charge is 0.399 e. The molecule has 0 spiro atoms. The summed E-state index contributed by atoms with van der Waals surface area (Å²) in [6.45, 7) is 4.00. The molecule has 5 heteroatoms. The monoisotopic (exact) mass is 206 g/mol. The van der Waals surface area contributed by atoms with Gasteiger partial charge in [0.15, 0.2) is 0 Å². The van der Waals surface area contributed by atoms with Crippen LogP contribution in [-0.4, -0.2) is 0 Å². The van der Waals surface area contributed by atoms with Crippen LogP contribution in [0.15, 0.2) is 18.2 Å². The zero-order valence-electron chi connectivity index (χ0n) is 8.02. The zero-order valence-corrected chi connectivity index (χ0v) is 8.02. The molecule has 2 nitrogen and oxygen atoms in total. The minimum absolute atomic E-state index is 0.0160. The standard InChI is InChI=1S/C7H7F3N2.C2H6/c8-7(9,10)4-1-5(11)3-6(12)2-4;1-2/h1-3H,11-12H2;1-2H3. The Hall–Kier alpha value is -1.39. The second kappa shape index (κ2) is 4.74. The normalized spacial score (nSPS) is 10.4. The molecular weight excluding hydrogens is 193 g/mol. The molecule has 0 aliphatic heterocycles. The van der Waals surface area contributed by atoms with Crippen molar-refractivity contribution in [2.75, 3.05) is 11.5 Å². The van der Waals surface area contributed by atoms with E-state index in [1.165, 1.54) is 6.07 Å². The van der Waals surface area contributed by atoms with E-state index in [-0.39, 0.29) is 11.4 Å². The van der Waals surface area contributed by atoms with Gasteiger partial charge in [-0.2, -0.15) is 13.2 Å². The maximum Gasteiger partial charge on any atom is 0.416 e. The molecule has 1 aromatic carbocycles. The Morgan fingerprint density at radius 1 is 0.929 bits per heavy atom. The van der Waals surface area contributed by atoms with E-state index in [4.69, 9.17) is 11.5 Å². The van der Waals surface area contributed by atoms with Crippen LogP contribution in [0.25, 0.3) is 0 Å². The van der Waals surface area contributed by atoms with Crippen LogP contribution in [0, 0.1) is 0 Å². The third-order valence-electron chi connectivity index (χ3n) is 1.30. The molecule has 0 radical (unpaired) electrons. The van der Waals surface area contributed by atoms with Crippen LogP contribution < -0.4 is 11.5 Å². The lowest BCUT2D eigenvalue weighted by atomic mass is 10.2. The van der Waals surface area contributed by atoms with Crippen molar-refractivity contribution in [1.29, 1.82) is 0 Å². The topological polar surface area (TPSA) is 52.0 Å². The molecule has 14 heavy (non-hydrogen) atoms. The van der Waals surface area contributed by atoms with Crippen LogP contribution in [0.5, 0.6) is 0 Å². The molecular formula is C9H13F3N2. The third-order valence-corrected chi connectivity index (χ3v) is 1.30. The molecule has 0 saturated carbocycles. The van der Waals surface area contributed by atoms with Crippen LogP contribution >= 0.6 is 0 Å². The second-order valence-corrected chi connectivity index (χ2v) is 2.39. The molecule has 0 aliphatic carbocycles. The number of rotatable bonds is 0. The molecule has 0 unspecified atom stereocenters. The van der Waals surface area contributed by atoms with Crippen molar-refractivity contribution >= 4 is 11.4 Å². The molecule has 0 aliphatic rings. The van der Waals surface area contributed by atoms with Gasteiger partial charge in [-0.05, 0) is 18.2 Å². The summed E-state index contributed by atoms with van der Waals surface area (Å²) in [5, 5.41) is 0. The van der Waals surface area contributed by atoms with Crippen molar-refractivity contribution in [3.63, 3.8) is 0 Å². The zero-order chi connectivity index (χ0) is 11.4. The number of hydrogen-bond acceptors (Lipinski definition) is 2. The lowest BCUT2D eigenvalue weighted by molar-refractivity contribution is -0.137. The number of nitrogen functional groups attached to an aromatic ring is 2. The first kappa shape index (κ1) is 12.6. The molecule has 80 valence electrons. The van der Waals surface area contributed by atoms with E-state index in [0.29, 0.717) is 0 Å². The first-order valence-electron chi connectivity index (χ1n) is 4.13. The maximum absolute atomic E-state index is 12.0. The van der Waals surface area contributed by atoms with Crippen LogP contribution in [0.1, 0.15) is 19.4 Å². The van der Waals surface area contributed by atoms with Gasteiger partial charge in [-0.3, -0.25) is 0 Å².